The van der Waals surface area contributed by atoms with E-state index in [4.69, 9.17) is 20.9 Å². The molecule has 19 heavy (non-hydrogen) atoms. The molecule has 0 aromatic rings. The van der Waals surface area contributed by atoms with Crippen LogP contribution in [0.2, 0.25) is 0 Å². The summed E-state index contributed by atoms with van der Waals surface area (Å²) in [6.07, 6.45) is 2.08. The van der Waals surface area contributed by atoms with Gasteiger partial charge in [-0.2, -0.15) is 0 Å². The summed E-state index contributed by atoms with van der Waals surface area (Å²) in [6.45, 7) is 16.7. The third kappa shape index (κ3) is 12.4. The molecule has 0 atom stereocenters. The highest BCUT2D eigenvalue weighted by Crippen LogP contribution is 2.65. The van der Waals surface area contributed by atoms with Crippen molar-refractivity contribution < 1.29 is 9.05 Å². The first-order chi connectivity index (χ1) is 8.54. The van der Waals surface area contributed by atoms with Crippen LogP contribution in [0.3, 0.4) is 0 Å². The lowest BCUT2D eigenvalue weighted by atomic mass is 10.2. The lowest BCUT2D eigenvalue weighted by Gasteiger charge is -2.28. The Bertz CT molecular complexity index is 268. The molecule has 0 fully saturated rings. The first-order valence-corrected chi connectivity index (χ1v) is 11.2. The van der Waals surface area contributed by atoms with Crippen LogP contribution in [0.4, 0.5) is 0 Å². The molecule has 0 heterocycles. The third-order valence-electron chi connectivity index (χ3n) is 2.27. The Hall–Kier alpha value is 0.920. The molecule has 0 aromatic heterocycles. The maximum absolute atomic E-state index is 5.96. The van der Waals surface area contributed by atoms with Crippen LogP contribution in [0.5, 0.6) is 0 Å². The lowest BCUT2D eigenvalue weighted by molar-refractivity contribution is 0.237. The SMILES string of the molecule is CC(C)CCOP(=S)(OCCC(C)C)SC(C)(C)C. The summed E-state index contributed by atoms with van der Waals surface area (Å²) < 4.78 is 12.0. The van der Waals surface area contributed by atoms with Gasteiger partial charge in [0.15, 0.2) is 0 Å². The van der Waals surface area contributed by atoms with Gasteiger partial charge < -0.3 is 9.05 Å². The van der Waals surface area contributed by atoms with Gasteiger partial charge in [0.25, 0.3) is 0 Å². The van der Waals surface area contributed by atoms with Crippen molar-refractivity contribution in [3.8, 4) is 0 Å². The molecule has 0 spiro atoms. The van der Waals surface area contributed by atoms with E-state index in [1.807, 2.05) is 0 Å². The van der Waals surface area contributed by atoms with E-state index in [1.54, 1.807) is 11.4 Å². The predicted molar refractivity (Wildman–Crippen MR) is 92.4 cm³/mol. The van der Waals surface area contributed by atoms with E-state index in [-0.39, 0.29) is 4.75 Å². The van der Waals surface area contributed by atoms with Crippen molar-refractivity contribution in [2.24, 2.45) is 11.8 Å². The average Bonchev–Trinajstić information content (AvgIpc) is 2.12. The predicted octanol–water partition coefficient (Wildman–Crippen LogP) is 5.87. The zero-order chi connectivity index (χ0) is 15.1. The van der Waals surface area contributed by atoms with E-state index < -0.39 is 5.69 Å². The largest absolute Gasteiger partial charge is 0.322 e. The molecule has 0 unspecified atom stereocenters. The summed E-state index contributed by atoms with van der Waals surface area (Å²) in [4.78, 5) is 0. The highest BCUT2D eigenvalue weighted by molar-refractivity contribution is 8.68. The van der Waals surface area contributed by atoms with E-state index >= 15 is 0 Å². The fourth-order valence-corrected chi connectivity index (χ4v) is 7.97. The van der Waals surface area contributed by atoms with E-state index in [1.165, 1.54) is 0 Å². The van der Waals surface area contributed by atoms with Gasteiger partial charge in [-0.1, -0.05) is 59.8 Å². The smallest absolute Gasteiger partial charge is 0.247 e. The minimum atomic E-state index is -2.20. The average molecular weight is 327 g/mol. The summed E-state index contributed by atoms with van der Waals surface area (Å²) in [7, 11) is 0. The summed E-state index contributed by atoms with van der Waals surface area (Å²) >= 11 is 7.37. The van der Waals surface area contributed by atoms with Crippen LogP contribution in [0.15, 0.2) is 0 Å². The van der Waals surface area contributed by atoms with Crippen molar-refractivity contribution in [2.45, 2.75) is 66.1 Å². The van der Waals surface area contributed by atoms with Crippen molar-refractivity contribution in [3.63, 3.8) is 0 Å². The van der Waals surface area contributed by atoms with Gasteiger partial charge >= 0.3 is 0 Å². The standard InChI is InChI=1S/C14H31O2PS2/c1-12(2)8-10-15-17(18,19-14(5,6)7)16-11-9-13(3)4/h12-13H,8-11H2,1-7H3. The Morgan fingerprint density at radius 3 is 1.58 bits per heavy atom. The van der Waals surface area contributed by atoms with Crippen LogP contribution in [0.25, 0.3) is 0 Å². The van der Waals surface area contributed by atoms with Crippen LogP contribution in [0.1, 0.15) is 61.3 Å². The van der Waals surface area contributed by atoms with Crippen molar-refractivity contribution >= 4 is 28.9 Å². The number of rotatable bonds is 9. The minimum Gasteiger partial charge on any atom is -0.322 e. The highest BCUT2D eigenvalue weighted by Gasteiger charge is 2.27. The molecule has 116 valence electrons. The molecule has 0 aliphatic heterocycles. The van der Waals surface area contributed by atoms with Crippen LogP contribution in [-0.2, 0) is 20.9 Å². The Kier molecular flexibility index (Phi) is 9.48. The Labute approximate surface area is 129 Å². The normalized spacial score (nSPS) is 13.5. The zero-order valence-electron chi connectivity index (χ0n) is 13.6. The molecule has 0 aliphatic carbocycles. The second-order valence-electron chi connectivity index (χ2n) is 6.68. The van der Waals surface area contributed by atoms with Crippen molar-refractivity contribution in [2.75, 3.05) is 13.2 Å². The molecule has 0 aromatic carbocycles. The minimum absolute atomic E-state index is 0.0746. The molecule has 2 nitrogen and oxygen atoms in total. The third-order valence-corrected chi connectivity index (χ3v) is 8.29. The van der Waals surface area contributed by atoms with Gasteiger partial charge in [0, 0.05) is 4.75 Å². The maximum Gasteiger partial charge on any atom is 0.247 e. The van der Waals surface area contributed by atoms with Crippen molar-refractivity contribution in [1.29, 1.82) is 0 Å². The summed E-state index contributed by atoms with van der Waals surface area (Å²) in [5.41, 5.74) is -2.20. The molecule has 0 bridgehead atoms. The second-order valence-corrected chi connectivity index (χ2v) is 13.6. The molecule has 5 heteroatoms. The quantitative estimate of drug-likeness (QED) is 0.493. The summed E-state index contributed by atoms with van der Waals surface area (Å²) in [5.74, 6) is 1.28. The van der Waals surface area contributed by atoms with Crippen LogP contribution < -0.4 is 0 Å². The first-order valence-electron chi connectivity index (χ1n) is 7.14. The Morgan fingerprint density at radius 1 is 0.947 bits per heavy atom. The van der Waals surface area contributed by atoms with E-state index in [0.717, 1.165) is 12.8 Å². The number of hydrogen-bond acceptors (Lipinski definition) is 4. The van der Waals surface area contributed by atoms with Gasteiger partial charge in [-0.15, -0.1) is 0 Å². The Balaban J connectivity index is 4.41. The molecular weight excluding hydrogens is 295 g/mol. The molecule has 0 aliphatic rings. The molecule has 0 saturated heterocycles. The van der Waals surface area contributed by atoms with Crippen molar-refractivity contribution in [1.82, 2.24) is 0 Å². The fraction of sp³-hybridized carbons (Fsp3) is 1.00. The van der Waals surface area contributed by atoms with E-state index in [2.05, 4.69) is 48.5 Å². The molecular formula is C14H31O2PS2. The molecule has 0 amide bonds. The van der Waals surface area contributed by atoms with Crippen molar-refractivity contribution in [3.05, 3.63) is 0 Å². The molecule has 0 radical (unpaired) electrons. The highest BCUT2D eigenvalue weighted by atomic mass is 32.9. The van der Waals surface area contributed by atoms with E-state index in [9.17, 15) is 0 Å². The van der Waals surface area contributed by atoms with Crippen LogP contribution in [0, 0.1) is 11.8 Å². The molecule has 0 saturated carbocycles. The van der Waals surface area contributed by atoms with Gasteiger partial charge in [0.2, 0.25) is 5.69 Å². The first kappa shape index (κ1) is 19.9. The van der Waals surface area contributed by atoms with Gasteiger partial charge in [-0.05, 0) is 36.5 Å². The zero-order valence-corrected chi connectivity index (χ0v) is 16.1. The topological polar surface area (TPSA) is 18.5 Å². The van der Waals surface area contributed by atoms with Crippen LogP contribution in [-0.4, -0.2) is 18.0 Å². The molecule has 0 N–H and O–H groups in total. The summed E-state index contributed by atoms with van der Waals surface area (Å²) in [6, 6.07) is 0. The second kappa shape index (κ2) is 9.04. The fourth-order valence-electron chi connectivity index (χ4n) is 1.23. The Morgan fingerprint density at radius 2 is 1.32 bits per heavy atom. The van der Waals surface area contributed by atoms with Gasteiger partial charge in [0.05, 0.1) is 13.2 Å². The van der Waals surface area contributed by atoms with Gasteiger partial charge in [-0.25, -0.2) is 0 Å². The van der Waals surface area contributed by atoms with Gasteiger partial charge in [0.1, 0.15) is 0 Å². The van der Waals surface area contributed by atoms with Gasteiger partial charge in [-0.3, -0.25) is 0 Å². The van der Waals surface area contributed by atoms with Crippen LogP contribution >= 0.6 is 17.1 Å². The molecule has 0 rings (SSSR count). The van der Waals surface area contributed by atoms with E-state index in [0.29, 0.717) is 25.0 Å². The maximum atomic E-state index is 5.96. The lowest BCUT2D eigenvalue weighted by Crippen LogP contribution is -2.10. The summed E-state index contributed by atoms with van der Waals surface area (Å²) in [5, 5.41) is 0. The monoisotopic (exact) mass is 326 g/mol. The number of hydrogen-bond donors (Lipinski definition) is 0.